The number of rotatable bonds is 6. The molecule has 6 heteroatoms. The van der Waals surface area contributed by atoms with Crippen molar-refractivity contribution in [1.29, 1.82) is 0 Å². The number of methoxy groups -OCH3 is 1. The van der Waals surface area contributed by atoms with Crippen LogP contribution >= 0.6 is 0 Å². The van der Waals surface area contributed by atoms with E-state index in [1.165, 1.54) is 5.56 Å². The molecule has 1 aliphatic heterocycles. The van der Waals surface area contributed by atoms with Crippen LogP contribution in [-0.2, 0) is 11.3 Å². The molecule has 0 aliphatic carbocycles. The van der Waals surface area contributed by atoms with Crippen LogP contribution in [0.4, 0.5) is 11.8 Å². The highest BCUT2D eigenvalue weighted by atomic mass is 16.5. The molecule has 3 rings (SSSR count). The van der Waals surface area contributed by atoms with Crippen molar-refractivity contribution >= 4 is 11.8 Å². The molecular formula is C18H24N4O2. The molecule has 1 saturated heterocycles. The van der Waals surface area contributed by atoms with Crippen LogP contribution in [0.2, 0.25) is 0 Å². The minimum absolute atomic E-state index is 0.310. The Kier molecular flexibility index (Phi) is 5.15. The molecule has 1 aliphatic rings. The van der Waals surface area contributed by atoms with Crippen molar-refractivity contribution in [2.75, 3.05) is 37.5 Å². The van der Waals surface area contributed by atoms with Gasteiger partial charge in [-0.3, -0.25) is 0 Å². The first-order valence-corrected chi connectivity index (χ1v) is 8.29. The van der Waals surface area contributed by atoms with Crippen molar-refractivity contribution in [3.8, 4) is 5.75 Å². The van der Waals surface area contributed by atoms with Crippen molar-refractivity contribution < 1.29 is 9.47 Å². The zero-order valence-electron chi connectivity index (χ0n) is 14.2. The Labute approximate surface area is 142 Å². The lowest BCUT2D eigenvalue weighted by atomic mass is 10.0. The highest BCUT2D eigenvalue weighted by Gasteiger charge is 2.21. The van der Waals surface area contributed by atoms with Crippen LogP contribution in [-0.4, -0.2) is 36.8 Å². The third-order valence-corrected chi connectivity index (χ3v) is 4.31. The van der Waals surface area contributed by atoms with Gasteiger partial charge in [0.15, 0.2) is 0 Å². The molecule has 0 bridgehead atoms. The maximum atomic E-state index is 5.95. The van der Waals surface area contributed by atoms with Crippen molar-refractivity contribution in [1.82, 2.24) is 9.97 Å². The average molecular weight is 328 g/mol. The summed E-state index contributed by atoms with van der Waals surface area (Å²) < 4.78 is 10.8. The fourth-order valence-corrected chi connectivity index (χ4v) is 2.96. The minimum atomic E-state index is 0.310. The second kappa shape index (κ2) is 7.49. The summed E-state index contributed by atoms with van der Waals surface area (Å²) in [5.41, 5.74) is 8.09. The number of nitrogen functional groups attached to an aromatic ring is 1. The topological polar surface area (TPSA) is 73.5 Å². The third-order valence-electron chi connectivity index (χ3n) is 4.31. The van der Waals surface area contributed by atoms with Crippen LogP contribution < -0.4 is 15.4 Å². The monoisotopic (exact) mass is 328 g/mol. The molecule has 0 unspecified atom stereocenters. The molecule has 1 atom stereocenters. The molecule has 0 saturated carbocycles. The van der Waals surface area contributed by atoms with Gasteiger partial charge in [-0.2, -0.15) is 4.98 Å². The summed E-state index contributed by atoms with van der Waals surface area (Å²) in [7, 11) is 1.68. The van der Waals surface area contributed by atoms with Gasteiger partial charge in [-0.05, 0) is 31.0 Å². The van der Waals surface area contributed by atoms with E-state index >= 15 is 0 Å². The number of anilines is 2. The van der Waals surface area contributed by atoms with Gasteiger partial charge in [0.05, 0.1) is 19.4 Å². The van der Waals surface area contributed by atoms with Crippen LogP contribution in [0.3, 0.4) is 0 Å². The minimum Gasteiger partial charge on any atom is -0.497 e. The van der Waals surface area contributed by atoms with Gasteiger partial charge in [-0.15, -0.1) is 0 Å². The fourth-order valence-electron chi connectivity index (χ4n) is 2.96. The van der Waals surface area contributed by atoms with Crippen LogP contribution in [0.5, 0.6) is 5.75 Å². The quantitative estimate of drug-likeness (QED) is 0.878. The first-order chi connectivity index (χ1) is 11.7. The predicted octanol–water partition coefficient (Wildman–Crippen LogP) is 2.60. The summed E-state index contributed by atoms with van der Waals surface area (Å²) >= 11 is 0. The average Bonchev–Trinajstić information content (AvgIpc) is 3.14. The van der Waals surface area contributed by atoms with E-state index in [-0.39, 0.29) is 0 Å². The standard InChI is InChI=1S/C18H24N4O2/c1-3-22(11-13-5-4-6-15(9-13)23-2)17-10-16(20-18(19)21-17)14-7-8-24-12-14/h4-6,9-10,14H,3,7-8,11-12H2,1-2H3,(H2,19,20,21)/t14-/m0/s1. The van der Waals surface area contributed by atoms with Crippen molar-refractivity contribution in [3.63, 3.8) is 0 Å². The molecule has 0 spiro atoms. The molecule has 24 heavy (non-hydrogen) atoms. The Morgan fingerprint density at radius 1 is 1.33 bits per heavy atom. The number of hydrogen-bond donors (Lipinski definition) is 1. The Bertz CT molecular complexity index is 686. The smallest absolute Gasteiger partial charge is 0.222 e. The molecule has 0 amide bonds. The van der Waals surface area contributed by atoms with Crippen LogP contribution in [0.1, 0.15) is 30.5 Å². The van der Waals surface area contributed by atoms with E-state index in [0.29, 0.717) is 18.5 Å². The van der Waals surface area contributed by atoms with Crippen molar-refractivity contribution in [2.24, 2.45) is 0 Å². The lowest BCUT2D eigenvalue weighted by Crippen LogP contribution is -2.24. The van der Waals surface area contributed by atoms with Crippen LogP contribution in [0.15, 0.2) is 30.3 Å². The Balaban J connectivity index is 1.84. The number of nitrogens with zero attached hydrogens (tertiary/aromatic N) is 3. The number of nitrogens with two attached hydrogens (primary N) is 1. The van der Waals surface area contributed by atoms with E-state index in [0.717, 1.165) is 43.4 Å². The van der Waals surface area contributed by atoms with Crippen LogP contribution in [0, 0.1) is 0 Å². The first-order valence-electron chi connectivity index (χ1n) is 8.29. The Hall–Kier alpha value is -2.34. The number of hydrogen-bond acceptors (Lipinski definition) is 6. The Morgan fingerprint density at radius 3 is 2.92 bits per heavy atom. The molecule has 1 aromatic carbocycles. The fraction of sp³-hybridized carbons (Fsp3) is 0.444. The van der Waals surface area contributed by atoms with Gasteiger partial charge in [0.2, 0.25) is 5.95 Å². The zero-order valence-corrected chi connectivity index (χ0v) is 14.2. The summed E-state index contributed by atoms with van der Waals surface area (Å²) in [4.78, 5) is 11.0. The summed E-state index contributed by atoms with van der Waals surface area (Å²) in [6.07, 6.45) is 0.984. The summed E-state index contributed by atoms with van der Waals surface area (Å²) in [5, 5.41) is 0. The summed E-state index contributed by atoms with van der Waals surface area (Å²) in [6.45, 7) is 5.17. The molecule has 2 N–H and O–H groups in total. The second-order valence-corrected chi connectivity index (χ2v) is 5.94. The van der Waals surface area contributed by atoms with Gasteiger partial charge < -0.3 is 20.1 Å². The van der Waals surface area contributed by atoms with E-state index in [4.69, 9.17) is 15.2 Å². The summed E-state index contributed by atoms with van der Waals surface area (Å²) in [5.74, 6) is 2.34. The van der Waals surface area contributed by atoms with E-state index in [2.05, 4.69) is 27.9 Å². The van der Waals surface area contributed by atoms with E-state index in [1.807, 2.05) is 24.3 Å². The zero-order chi connectivity index (χ0) is 16.9. The lowest BCUT2D eigenvalue weighted by Gasteiger charge is -2.23. The molecule has 128 valence electrons. The lowest BCUT2D eigenvalue weighted by molar-refractivity contribution is 0.193. The van der Waals surface area contributed by atoms with E-state index in [9.17, 15) is 0 Å². The maximum Gasteiger partial charge on any atom is 0.222 e. The molecular weight excluding hydrogens is 304 g/mol. The highest BCUT2D eigenvalue weighted by Crippen LogP contribution is 2.27. The first kappa shape index (κ1) is 16.5. The summed E-state index contributed by atoms with van der Waals surface area (Å²) in [6, 6.07) is 10.1. The molecule has 2 heterocycles. The number of ether oxygens (including phenoxy) is 2. The van der Waals surface area contributed by atoms with Gasteiger partial charge in [-0.25, -0.2) is 4.98 Å². The normalized spacial score (nSPS) is 17.0. The van der Waals surface area contributed by atoms with Gasteiger partial charge >= 0.3 is 0 Å². The number of aromatic nitrogens is 2. The highest BCUT2D eigenvalue weighted by molar-refractivity contribution is 5.45. The van der Waals surface area contributed by atoms with Gasteiger partial charge in [0.1, 0.15) is 11.6 Å². The molecule has 6 nitrogen and oxygen atoms in total. The Morgan fingerprint density at radius 2 is 2.21 bits per heavy atom. The number of benzene rings is 1. The molecule has 2 aromatic rings. The third kappa shape index (κ3) is 3.76. The largest absolute Gasteiger partial charge is 0.497 e. The van der Waals surface area contributed by atoms with Gasteiger partial charge in [0, 0.05) is 31.7 Å². The SMILES string of the molecule is CCN(Cc1cccc(OC)c1)c1cc([C@H]2CCOC2)nc(N)n1. The van der Waals surface area contributed by atoms with Crippen molar-refractivity contribution in [2.45, 2.75) is 25.8 Å². The maximum absolute atomic E-state index is 5.95. The van der Waals surface area contributed by atoms with E-state index in [1.54, 1.807) is 7.11 Å². The molecule has 0 radical (unpaired) electrons. The second-order valence-electron chi connectivity index (χ2n) is 5.94. The van der Waals surface area contributed by atoms with E-state index < -0.39 is 0 Å². The van der Waals surface area contributed by atoms with Crippen LogP contribution in [0.25, 0.3) is 0 Å². The molecule has 1 aromatic heterocycles. The van der Waals surface area contributed by atoms with Crippen molar-refractivity contribution in [3.05, 3.63) is 41.6 Å². The molecule has 1 fully saturated rings. The van der Waals surface area contributed by atoms with Gasteiger partial charge in [-0.1, -0.05) is 12.1 Å². The van der Waals surface area contributed by atoms with Gasteiger partial charge in [0.25, 0.3) is 0 Å². The predicted molar refractivity (Wildman–Crippen MR) is 94.3 cm³/mol.